The molecule has 9 heteroatoms. The minimum atomic E-state index is -0.179. The molecule has 3 heterocycles. The summed E-state index contributed by atoms with van der Waals surface area (Å²) in [6, 6.07) is 8.55. The highest BCUT2D eigenvalue weighted by atomic mass is 35.5. The fourth-order valence-electron chi connectivity index (χ4n) is 3.60. The van der Waals surface area contributed by atoms with Crippen LogP contribution >= 0.6 is 34.8 Å². The number of halogens is 3. The van der Waals surface area contributed by atoms with Gasteiger partial charge in [-0.1, -0.05) is 34.8 Å². The summed E-state index contributed by atoms with van der Waals surface area (Å²) in [5.41, 5.74) is 2.11. The number of amides is 1. The maximum atomic E-state index is 13.5. The molecule has 3 aromatic rings. The van der Waals surface area contributed by atoms with Crippen molar-refractivity contribution in [3.8, 4) is 16.9 Å². The molecule has 156 valence electrons. The Bertz CT molecular complexity index is 1050. The van der Waals surface area contributed by atoms with Gasteiger partial charge in [0.25, 0.3) is 5.91 Å². The van der Waals surface area contributed by atoms with Gasteiger partial charge >= 0.3 is 0 Å². The zero-order valence-electron chi connectivity index (χ0n) is 16.3. The predicted octanol–water partition coefficient (Wildman–Crippen LogP) is 5.14. The standard InChI is InChI=1S/C21H19Cl3N4O2/c1-12-10-27(11-13(2)30-12)21(29)19-8-18(14-4-3-5-25-9-14)26-28(19)20-16(23)6-15(22)7-17(20)24/h3-9,12-13H,10-11H2,1-2H3/t12-,13+. The maximum Gasteiger partial charge on any atom is 0.272 e. The van der Waals surface area contributed by atoms with Gasteiger partial charge in [-0.3, -0.25) is 9.78 Å². The number of aromatic nitrogens is 3. The van der Waals surface area contributed by atoms with Crippen LogP contribution in [0.4, 0.5) is 0 Å². The summed E-state index contributed by atoms with van der Waals surface area (Å²) in [6.45, 7) is 4.86. The molecule has 2 aromatic heterocycles. The second-order valence-electron chi connectivity index (χ2n) is 7.25. The van der Waals surface area contributed by atoms with E-state index in [1.807, 2.05) is 26.0 Å². The summed E-state index contributed by atoms with van der Waals surface area (Å²) in [5.74, 6) is -0.179. The lowest BCUT2D eigenvalue weighted by Crippen LogP contribution is -2.48. The van der Waals surface area contributed by atoms with E-state index in [9.17, 15) is 4.79 Å². The van der Waals surface area contributed by atoms with Gasteiger partial charge in [0, 0.05) is 36.1 Å². The molecule has 0 saturated carbocycles. The van der Waals surface area contributed by atoms with Crippen molar-refractivity contribution in [1.82, 2.24) is 19.7 Å². The third kappa shape index (κ3) is 4.18. The van der Waals surface area contributed by atoms with Crippen molar-refractivity contribution in [3.63, 3.8) is 0 Å². The van der Waals surface area contributed by atoms with Crippen molar-refractivity contribution in [1.29, 1.82) is 0 Å². The van der Waals surface area contributed by atoms with Crippen molar-refractivity contribution in [3.05, 3.63) is 63.5 Å². The second-order valence-corrected chi connectivity index (χ2v) is 8.50. The van der Waals surface area contributed by atoms with Crippen LogP contribution in [0.3, 0.4) is 0 Å². The van der Waals surface area contributed by atoms with Gasteiger partial charge in [-0.05, 0) is 44.2 Å². The first-order chi connectivity index (χ1) is 14.3. The number of hydrogen-bond acceptors (Lipinski definition) is 4. The van der Waals surface area contributed by atoms with Crippen LogP contribution in [0.25, 0.3) is 16.9 Å². The van der Waals surface area contributed by atoms with Gasteiger partial charge in [0.15, 0.2) is 0 Å². The molecule has 0 radical (unpaired) electrons. The topological polar surface area (TPSA) is 60.2 Å². The van der Waals surface area contributed by atoms with Crippen molar-refractivity contribution in [2.75, 3.05) is 13.1 Å². The summed E-state index contributed by atoms with van der Waals surface area (Å²) in [5, 5.41) is 5.64. The summed E-state index contributed by atoms with van der Waals surface area (Å²) in [6.07, 6.45) is 3.24. The number of carbonyl (C=O) groups excluding carboxylic acids is 1. The van der Waals surface area contributed by atoms with Gasteiger partial charge < -0.3 is 9.64 Å². The fraction of sp³-hybridized carbons (Fsp3) is 0.286. The van der Waals surface area contributed by atoms with E-state index in [1.165, 1.54) is 4.68 Å². The van der Waals surface area contributed by atoms with E-state index >= 15 is 0 Å². The van der Waals surface area contributed by atoms with Crippen LogP contribution in [0.5, 0.6) is 0 Å². The number of carbonyl (C=O) groups is 1. The second kappa shape index (κ2) is 8.55. The molecule has 4 rings (SSSR count). The predicted molar refractivity (Wildman–Crippen MR) is 118 cm³/mol. The first-order valence-corrected chi connectivity index (χ1v) is 10.6. The zero-order chi connectivity index (χ0) is 21.4. The number of nitrogens with zero attached hydrogens (tertiary/aromatic N) is 4. The number of ether oxygens (including phenoxy) is 1. The van der Waals surface area contributed by atoms with Gasteiger partial charge in [-0.25, -0.2) is 4.68 Å². The Morgan fingerprint density at radius 2 is 1.77 bits per heavy atom. The molecule has 0 unspecified atom stereocenters. The first kappa shape index (κ1) is 21.1. The molecule has 1 amide bonds. The Morgan fingerprint density at radius 3 is 2.37 bits per heavy atom. The number of rotatable bonds is 3. The van der Waals surface area contributed by atoms with Crippen LogP contribution < -0.4 is 0 Å². The number of hydrogen-bond donors (Lipinski definition) is 0. The average Bonchev–Trinajstić information content (AvgIpc) is 3.11. The molecule has 0 aliphatic carbocycles. The first-order valence-electron chi connectivity index (χ1n) is 9.43. The molecular weight excluding hydrogens is 447 g/mol. The summed E-state index contributed by atoms with van der Waals surface area (Å²) in [7, 11) is 0. The number of benzene rings is 1. The fourth-order valence-corrected chi connectivity index (χ4v) is 4.58. The zero-order valence-corrected chi connectivity index (χ0v) is 18.6. The molecular formula is C21H19Cl3N4O2. The minimum absolute atomic E-state index is 0.0606. The summed E-state index contributed by atoms with van der Waals surface area (Å²) < 4.78 is 7.24. The normalized spacial score (nSPS) is 19.2. The molecule has 1 aromatic carbocycles. The van der Waals surface area contributed by atoms with Gasteiger partial charge in [-0.2, -0.15) is 5.10 Å². The van der Waals surface area contributed by atoms with Crippen LogP contribution in [-0.2, 0) is 4.74 Å². The van der Waals surface area contributed by atoms with Crippen LogP contribution in [0.15, 0.2) is 42.7 Å². The van der Waals surface area contributed by atoms with E-state index in [0.717, 1.165) is 5.56 Å². The molecule has 0 spiro atoms. The SMILES string of the molecule is C[C@@H]1CN(C(=O)c2cc(-c3cccnc3)nn2-c2c(Cl)cc(Cl)cc2Cl)C[C@H](C)O1. The Labute approximate surface area is 189 Å². The minimum Gasteiger partial charge on any atom is -0.372 e. The van der Waals surface area contributed by atoms with Crippen LogP contribution in [0, 0.1) is 0 Å². The Hall–Kier alpha value is -2.12. The number of morpholine rings is 1. The highest BCUT2D eigenvalue weighted by molar-refractivity contribution is 6.40. The monoisotopic (exact) mass is 464 g/mol. The van der Waals surface area contributed by atoms with Gasteiger partial charge in [0.05, 0.1) is 27.9 Å². The van der Waals surface area contributed by atoms with E-state index < -0.39 is 0 Å². The van der Waals surface area contributed by atoms with Crippen LogP contribution in [-0.4, -0.2) is 50.9 Å². The van der Waals surface area contributed by atoms with Gasteiger partial charge in [-0.15, -0.1) is 0 Å². The number of pyridine rings is 1. The maximum absolute atomic E-state index is 13.5. The van der Waals surface area contributed by atoms with Crippen molar-refractivity contribution >= 4 is 40.7 Å². The van der Waals surface area contributed by atoms with E-state index in [0.29, 0.717) is 45.2 Å². The molecule has 1 aliphatic heterocycles. The lowest BCUT2D eigenvalue weighted by molar-refractivity contribution is -0.0588. The van der Waals surface area contributed by atoms with Gasteiger partial charge in [0.2, 0.25) is 0 Å². The Balaban J connectivity index is 1.85. The highest BCUT2D eigenvalue weighted by Gasteiger charge is 2.30. The van der Waals surface area contributed by atoms with E-state index in [4.69, 9.17) is 39.5 Å². The molecule has 2 atom stereocenters. The van der Waals surface area contributed by atoms with Crippen LogP contribution in [0.1, 0.15) is 24.3 Å². The summed E-state index contributed by atoms with van der Waals surface area (Å²) in [4.78, 5) is 19.4. The lowest BCUT2D eigenvalue weighted by Gasteiger charge is -2.35. The van der Waals surface area contributed by atoms with Crippen LogP contribution in [0.2, 0.25) is 15.1 Å². The molecule has 1 aliphatic rings. The Morgan fingerprint density at radius 1 is 1.10 bits per heavy atom. The molecule has 0 bridgehead atoms. The highest BCUT2D eigenvalue weighted by Crippen LogP contribution is 2.34. The van der Waals surface area contributed by atoms with Crippen molar-refractivity contribution < 1.29 is 9.53 Å². The lowest BCUT2D eigenvalue weighted by atomic mass is 10.2. The van der Waals surface area contributed by atoms with E-state index in [-0.39, 0.29) is 18.1 Å². The molecule has 1 saturated heterocycles. The third-order valence-electron chi connectivity index (χ3n) is 4.79. The molecule has 1 fully saturated rings. The van der Waals surface area contributed by atoms with Crippen molar-refractivity contribution in [2.45, 2.75) is 26.1 Å². The quantitative estimate of drug-likeness (QED) is 0.537. The third-order valence-corrected chi connectivity index (χ3v) is 5.58. The van der Waals surface area contributed by atoms with Gasteiger partial charge in [0.1, 0.15) is 11.4 Å². The molecule has 6 nitrogen and oxygen atoms in total. The molecule has 30 heavy (non-hydrogen) atoms. The van der Waals surface area contributed by atoms with E-state index in [2.05, 4.69) is 10.1 Å². The average molecular weight is 466 g/mol. The largest absolute Gasteiger partial charge is 0.372 e. The van der Waals surface area contributed by atoms with Crippen molar-refractivity contribution in [2.24, 2.45) is 0 Å². The van der Waals surface area contributed by atoms with E-state index in [1.54, 1.807) is 35.5 Å². The molecule has 0 N–H and O–H groups in total. The Kier molecular flexibility index (Phi) is 6.02. The smallest absolute Gasteiger partial charge is 0.272 e. The summed E-state index contributed by atoms with van der Waals surface area (Å²) >= 11 is 19.0.